The van der Waals surface area contributed by atoms with Crippen LogP contribution in [0.5, 0.6) is 17.4 Å². The van der Waals surface area contributed by atoms with Crippen LogP contribution in [-0.2, 0) is 4.79 Å². The van der Waals surface area contributed by atoms with E-state index in [0.29, 0.717) is 23.6 Å². The van der Waals surface area contributed by atoms with E-state index in [1.807, 2.05) is 0 Å². The molecule has 9 heteroatoms. The van der Waals surface area contributed by atoms with Gasteiger partial charge in [0.05, 0.1) is 12.0 Å². The highest BCUT2D eigenvalue weighted by Gasteiger charge is 2.16. The zero-order valence-electron chi connectivity index (χ0n) is 13.6. The van der Waals surface area contributed by atoms with Crippen molar-refractivity contribution in [2.45, 2.75) is 19.4 Å². The topological polar surface area (TPSA) is 124 Å². The maximum absolute atomic E-state index is 11.1. The molecule has 0 aliphatic carbocycles. The molecule has 2 rings (SSSR count). The fraction of sp³-hybridized carbons (Fsp3) is 0.250. The Labute approximate surface area is 143 Å². The molecular formula is C16H17N3O6. The standard InChI is InChI=1S/C16H17N3O6/c1-3-12(16(20)21)18-10-4-6-13(14(8-10)24-2)25-15-7-5-11(9-17-15)19(22)23/h4-9,12,18H,3H2,1-2H3,(H,20,21). The van der Waals surface area contributed by atoms with Crippen LogP contribution < -0.4 is 14.8 Å². The van der Waals surface area contributed by atoms with E-state index in [4.69, 9.17) is 14.6 Å². The predicted octanol–water partition coefficient (Wildman–Crippen LogP) is 3.07. The Balaban J connectivity index is 2.18. The number of nitrogens with one attached hydrogen (secondary N) is 1. The Morgan fingerprint density at radius 1 is 1.36 bits per heavy atom. The number of nitro groups is 1. The summed E-state index contributed by atoms with van der Waals surface area (Å²) >= 11 is 0. The van der Waals surface area contributed by atoms with E-state index in [9.17, 15) is 14.9 Å². The summed E-state index contributed by atoms with van der Waals surface area (Å²) in [4.78, 5) is 25.0. The molecule has 0 aliphatic rings. The molecule has 0 saturated heterocycles. The molecule has 1 aromatic heterocycles. The molecule has 2 N–H and O–H groups in total. The minimum Gasteiger partial charge on any atom is -0.493 e. The minimum absolute atomic E-state index is 0.141. The van der Waals surface area contributed by atoms with E-state index >= 15 is 0 Å². The van der Waals surface area contributed by atoms with Gasteiger partial charge in [-0.15, -0.1) is 0 Å². The third-order valence-corrected chi connectivity index (χ3v) is 3.36. The van der Waals surface area contributed by atoms with Gasteiger partial charge in [-0.2, -0.15) is 0 Å². The van der Waals surface area contributed by atoms with Crippen LogP contribution in [0.3, 0.4) is 0 Å². The fourth-order valence-corrected chi connectivity index (χ4v) is 2.03. The lowest BCUT2D eigenvalue weighted by Crippen LogP contribution is -2.28. The van der Waals surface area contributed by atoms with Gasteiger partial charge in [0.1, 0.15) is 12.2 Å². The summed E-state index contributed by atoms with van der Waals surface area (Å²) in [5, 5.41) is 22.6. The van der Waals surface area contributed by atoms with Gasteiger partial charge in [0, 0.05) is 23.9 Å². The van der Waals surface area contributed by atoms with Gasteiger partial charge < -0.3 is 19.9 Å². The van der Waals surface area contributed by atoms with Crippen LogP contribution in [0.25, 0.3) is 0 Å². The number of carbonyl (C=O) groups is 1. The number of methoxy groups -OCH3 is 1. The number of hydrogen-bond acceptors (Lipinski definition) is 7. The summed E-state index contributed by atoms with van der Waals surface area (Å²) in [7, 11) is 1.45. The zero-order valence-corrected chi connectivity index (χ0v) is 13.6. The Kier molecular flexibility index (Phi) is 5.72. The monoisotopic (exact) mass is 347 g/mol. The largest absolute Gasteiger partial charge is 0.493 e. The third-order valence-electron chi connectivity index (χ3n) is 3.36. The average Bonchev–Trinajstić information content (AvgIpc) is 2.60. The molecule has 1 heterocycles. The number of anilines is 1. The number of aromatic nitrogens is 1. The van der Waals surface area contributed by atoms with E-state index < -0.39 is 16.9 Å². The number of rotatable bonds is 8. The Bertz CT molecular complexity index is 763. The first-order valence-corrected chi connectivity index (χ1v) is 7.40. The summed E-state index contributed by atoms with van der Waals surface area (Å²) in [6.45, 7) is 1.76. The van der Waals surface area contributed by atoms with Gasteiger partial charge in [0.15, 0.2) is 11.5 Å². The zero-order chi connectivity index (χ0) is 18.4. The number of pyridine rings is 1. The van der Waals surface area contributed by atoms with Crippen LogP contribution >= 0.6 is 0 Å². The van der Waals surface area contributed by atoms with Crippen LogP contribution in [0.1, 0.15) is 13.3 Å². The molecule has 0 bridgehead atoms. The molecule has 0 saturated carbocycles. The first-order valence-electron chi connectivity index (χ1n) is 7.40. The highest BCUT2D eigenvalue weighted by Crippen LogP contribution is 2.33. The van der Waals surface area contributed by atoms with Crippen molar-refractivity contribution in [3.8, 4) is 17.4 Å². The van der Waals surface area contributed by atoms with Crippen LogP contribution in [-0.4, -0.2) is 34.1 Å². The second-order valence-corrected chi connectivity index (χ2v) is 5.02. The molecule has 0 radical (unpaired) electrons. The molecule has 2 aromatic rings. The average molecular weight is 347 g/mol. The maximum Gasteiger partial charge on any atom is 0.326 e. The van der Waals surface area contributed by atoms with Crippen molar-refractivity contribution < 1.29 is 24.3 Å². The van der Waals surface area contributed by atoms with Gasteiger partial charge in [-0.25, -0.2) is 9.78 Å². The first kappa shape index (κ1) is 18.0. The van der Waals surface area contributed by atoms with Crippen molar-refractivity contribution >= 4 is 17.3 Å². The molecule has 1 aromatic carbocycles. The predicted molar refractivity (Wildman–Crippen MR) is 89.3 cm³/mol. The molecule has 25 heavy (non-hydrogen) atoms. The number of hydrogen-bond donors (Lipinski definition) is 2. The van der Waals surface area contributed by atoms with Gasteiger partial charge in [0.2, 0.25) is 5.88 Å². The van der Waals surface area contributed by atoms with Gasteiger partial charge >= 0.3 is 5.97 Å². The molecular weight excluding hydrogens is 330 g/mol. The lowest BCUT2D eigenvalue weighted by atomic mass is 10.2. The van der Waals surface area contributed by atoms with Crippen LogP contribution in [0.15, 0.2) is 36.5 Å². The fourth-order valence-electron chi connectivity index (χ4n) is 2.03. The van der Waals surface area contributed by atoms with Crippen molar-refractivity contribution in [3.05, 3.63) is 46.6 Å². The van der Waals surface area contributed by atoms with Crippen LogP contribution in [0.2, 0.25) is 0 Å². The normalized spacial score (nSPS) is 11.4. The first-order chi connectivity index (χ1) is 11.9. The van der Waals surface area contributed by atoms with Crippen molar-refractivity contribution in [1.29, 1.82) is 0 Å². The molecule has 0 fully saturated rings. The minimum atomic E-state index is -0.947. The third kappa shape index (κ3) is 4.56. The van der Waals surface area contributed by atoms with Crippen molar-refractivity contribution in [3.63, 3.8) is 0 Å². The van der Waals surface area contributed by atoms with Crippen molar-refractivity contribution in [2.24, 2.45) is 0 Å². The lowest BCUT2D eigenvalue weighted by molar-refractivity contribution is -0.385. The molecule has 0 spiro atoms. The van der Waals surface area contributed by atoms with Crippen molar-refractivity contribution in [2.75, 3.05) is 12.4 Å². The number of benzene rings is 1. The SMILES string of the molecule is CCC(Nc1ccc(Oc2ccc([N+](=O)[O-])cn2)c(OC)c1)C(=O)O. The van der Waals surface area contributed by atoms with E-state index in [1.165, 1.54) is 19.2 Å². The van der Waals surface area contributed by atoms with E-state index in [2.05, 4.69) is 10.3 Å². The van der Waals surface area contributed by atoms with Crippen LogP contribution in [0, 0.1) is 10.1 Å². The Morgan fingerprint density at radius 2 is 2.12 bits per heavy atom. The number of carboxylic acids is 1. The quantitative estimate of drug-likeness (QED) is 0.551. The van der Waals surface area contributed by atoms with Gasteiger partial charge in [-0.1, -0.05) is 6.92 Å². The van der Waals surface area contributed by atoms with Gasteiger partial charge in [-0.05, 0) is 18.6 Å². The smallest absolute Gasteiger partial charge is 0.326 e. The molecule has 0 amide bonds. The lowest BCUT2D eigenvalue weighted by Gasteiger charge is -2.16. The maximum atomic E-state index is 11.1. The van der Waals surface area contributed by atoms with Crippen molar-refractivity contribution in [1.82, 2.24) is 4.98 Å². The second kappa shape index (κ2) is 7.95. The highest BCUT2D eigenvalue weighted by molar-refractivity contribution is 5.77. The summed E-state index contributed by atoms with van der Waals surface area (Å²) in [5.74, 6) is -0.0679. The Hall–Kier alpha value is -3.36. The van der Waals surface area contributed by atoms with E-state index in [1.54, 1.807) is 25.1 Å². The molecule has 0 aliphatic heterocycles. The molecule has 1 unspecified atom stereocenters. The number of aliphatic carboxylic acids is 1. The summed E-state index contributed by atoms with van der Waals surface area (Å²) in [6.07, 6.45) is 1.51. The van der Waals surface area contributed by atoms with E-state index in [-0.39, 0.29) is 11.6 Å². The molecule has 1 atom stereocenters. The molecule has 132 valence electrons. The highest BCUT2D eigenvalue weighted by atomic mass is 16.6. The number of nitrogens with zero attached hydrogens (tertiary/aromatic N) is 2. The number of carboxylic acid groups (broad SMARTS) is 1. The van der Waals surface area contributed by atoms with Gasteiger partial charge in [0.25, 0.3) is 5.69 Å². The Morgan fingerprint density at radius 3 is 2.64 bits per heavy atom. The second-order valence-electron chi connectivity index (χ2n) is 5.02. The van der Waals surface area contributed by atoms with Crippen LogP contribution in [0.4, 0.5) is 11.4 Å². The summed E-state index contributed by atoms with van der Waals surface area (Å²) < 4.78 is 10.8. The van der Waals surface area contributed by atoms with E-state index in [0.717, 1.165) is 6.20 Å². The number of ether oxygens (including phenoxy) is 2. The molecule has 9 nitrogen and oxygen atoms in total. The summed E-state index contributed by atoms with van der Waals surface area (Å²) in [6, 6.07) is 6.79. The summed E-state index contributed by atoms with van der Waals surface area (Å²) in [5.41, 5.74) is 0.424. The van der Waals surface area contributed by atoms with Gasteiger partial charge in [-0.3, -0.25) is 10.1 Å².